The highest BCUT2D eigenvalue weighted by molar-refractivity contribution is 6.32. The monoisotopic (exact) mass is 355 g/mol. The van der Waals surface area contributed by atoms with Crippen LogP contribution in [0.2, 0.25) is 5.02 Å². The third kappa shape index (κ3) is 3.94. The van der Waals surface area contributed by atoms with Crippen molar-refractivity contribution < 1.29 is 28.2 Å². The number of aliphatic hydroxyl groups excluding tert-OH is 1. The number of aliphatic carboxylic acids is 1. The molecule has 0 unspecified atom stereocenters. The minimum Gasteiger partial charge on any atom is -0.506 e. The van der Waals surface area contributed by atoms with Crippen molar-refractivity contribution in [1.29, 1.82) is 0 Å². The molecule has 0 saturated carbocycles. The minimum atomic E-state index is -1.57. The Labute approximate surface area is 139 Å². The largest absolute Gasteiger partial charge is 0.506 e. The average molecular weight is 356 g/mol. The van der Waals surface area contributed by atoms with Gasteiger partial charge in [0, 0.05) is 11.8 Å². The Bertz CT molecular complexity index is 848. The molecule has 124 valence electrons. The molecular weight excluding hydrogens is 347 g/mol. The lowest BCUT2D eigenvalue weighted by atomic mass is 10.1. The second kappa shape index (κ2) is 7.18. The summed E-state index contributed by atoms with van der Waals surface area (Å²) in [6.07, 6.45) is 0.794. The van der Waals surface area contributed by atoms with E-state index in [2.05, 4.69) is 4.99 Å². The van der Waals surface area contributed by atoms with Gasteiger partial charge in [-0.3, -0.25) is 4.99 Å². The van der Waals surface area contributed by atoms with Crippen molar-refractivity contribution in [1.82, 2.24) is 0 Å². The summed E-state index contributed by atoms with van der Waals surface area (Å²) < 4.78 is 39.1. The molecule has 2 rings (SSSR count). The van der Waals surface area contributed by atoms with Crippen LogP contribution in [-0.4, -0.2) is 22.4 Å². The van der Waals surface area contributed by atoms with Crippen LogP contribution in [0, 0.1) is 17.5 Å². The number of rotatable bonds is 4. The zero-order valence-electron chi connectivity index (χ0n) is 11.8. The number of halogens is 4. The van der Waals surface area contributed by atoms with Crippen LogP contribution < -0.4 is 0 Å². The summed E-state index contributed by atoms with van der Waals surface area (Å²) in [5.41, 5.74) is -0.884. The summed E-state index contributed by atoms with van der Waals surface area (Å²) in [6, 6.07) is 5.98. The van der Waals surface area contributed by atoms with Crippen LogP contribution in [0.25, 0.3) is 5.76 Å². The Balaban J connectivity index is 2.48. The summed E-state index contributed by atoms with van der Waals surface area (Å²) in [5, 5.41) is 18.8. The van der Waals surface area contributed by atoms with Crippen molar-refractivity contribution in [2.75, 3.05) is 0 Å². The van der Waals surface area contributed by atoms with Crippen LogP contribution in [0.4, 0.5) is 18.9 Å². The van der Waals surface area contributed by atoms with E-state index < -0.39 is 40.3 Å². The number of benzene rings is 2. The predicted molar refractivity (Wildman–Crippen MR) is 83.1 cm³/mol. The van der Waals surface area contributed by atoms with Gasteiger partial charge >= 0.3 is 5.97 Å². The molecule has 0 amide bonds. The highest BCUT2D eigenvalue weighted by atomic mass is 35.5. The van der Waals surface area contributed by atoms with Crippen LogP contribution in [0.5, 0.6) is 0 Å². The molecule has 0 heterocycles. The van der Waals surface area contributed by atoms with E-state index in [1.165, 1.54) is 12.1 Å². The number of aliphatic imine (C=N–C) groups is 1. The number of nitrogens with zero attached hydrogens (tertiary/aromatic N) is 1. The van der Waals surface area contributed by atoms with E-state index in [-0.39, 0.29) is 10.7 Å². The lowest BCUT2D eigenvalue weighted by molar-refractivity contribution is -0.132. The molecule has 0 aliphatic rings. The molecule has 4 nitrogen and oxygen atoms in total. The van der Waals surface area contributed by atoms with E-state index in [9.17, 15) is 23.1 Å². The Morgan fingerprint density at radius 2 is 1.62 bits per heavy atom. The molecule has 0 aromatic heterocycles. The first kappa shape index (κ1) is 17.6. The van der Waals surface area contributed by atoms with Gasteiger partial charge < -0.3 is 10.2 Å². The molecule has 0 saturated heterocycles. The molecule has 0 atom stereocenters. The Hall–Kier alpha value is -2.80. The standard InChI is InChI=1S/C16H9ClF3NO3/c17-12-6-14(20)13(19)5-10(12)15(22)11(16(23)24)7-21-9-3-1-8(18)2-4-9/h1-7,22H,(H,23,24)/b15-11-,21-7?. The Morgan fingerprint density at radius 1 is 1.04 bits per heavy atom. The second-order valence-corrected chi connectivity index (χ2v) is 4.96. The molecule has 2 aromatic rings. The number of carboxylic acids is 1. The topological polar surface area (TPSA) is 69.9 Å². The third-order valence-electron chi connectivity index (χ3n) is 2.92. The summed E-state index contributed by atoms with van der Waals surface area (Å²) in [5.74, 6) is -5.51. The summed E-state index contributed by atoms with van der Waals surface area (Å²) in [6.45, 7) is 0. The lowest BCUT2D eigenvalue weighted by Crippen LogP contribution is -2.06. The normalized spacial score (nSPS) is 12.3. The number of carboxylic acid groups (broad SMARTS) is 1. The van der Waals surface area contributed by atoms with Crippen LogP contribution in [0.3, 0.4) is 0 Å². The minimum absolute atomic E-state index is 0.222. The maximum Gasteiger partial charge on any atom is 0.341 e. The predicted octanol–water partition coefficient (Wildman–Crippen LogP) is 4.51. The highest BCUT2D eigenvalue weighted by Gasteiger charge is 2.18. The SMILES string of the molecule is O=C(O)/C(C=Nc1ccc(F)cc1)=C(\O)c1cc(F)c(F)cc1Cl. The van der Waals surface area contributed by atoms with E-state index in [1.54, 1.807) is 0 Å². The third-order valence-corrected chi connectivity index (χ3v) is 3.23. The molecule has 0 bridgehead atoms. The van der Waals surface area contributed by atoms with Gasteiger partial charge in [0.1, 0.15) is 17.1 Å². The van der Waals surface area contributed by atoms with Crippen molar-refractivity contribution in [3.63, 3.8) is 0 Å². The van der Waals surface area contributed by atoms with Crippen molar-refractivity contribution in [3.05, 3.63) is 70.0 Å². The molecule has 0 fully saturated rings. The highest BCUT2D eigenvalue weighted by Crippen LogP contribution is 2.27. The van der Waals surface area contributed by atoms with Gasteiger partial charge in [0.05, 0.1) is 10.7 Å². The molecule has 8 heteroatoms. The van der Waals surface area contributed by atoms with Gasteiger partial charge in [-0.05, 0) is 36.4 Å². The van der Waals surface area contributed by atoms with Gasteiger partial charge in [0.25, 0.3) is 0 Å². The molecule has 2 N–H and O–H groups in total. The van der Waals surface area contributed by atoms with Crippen molar-refractivity contribution in [2.45, 2.75) is 0 Å². The van der Waals surface area contributed by atoms with Gasteiger partial charge in [-0.2, -0.15) is 0 Å². The fourth-order valence-corrected chi connectivity index (χ4v) is 1.97. The van der Waals surface area contributed by atoms with Crippen LogP contribution >= 0.6 is 11.6 Å². The molecular formula is C16H9ClF3NO3. The first-order chi connectivity index (χ1) is 11.3. The van der Waals surface area contributed by atoms with Gasteiger partial charge in [-0.25, -0.2) is 18.0 Å². The second-order valence-electron chi connectivity index (χ2n) is 4.55. The first-order valence-corrected chi connectivity index (χ1v) is 6.78. The molecule has 0 radical (unpaired) electrons. The van der Waals surface area contributed by atoms with Gasteiger partial charge in [-0.15, -0.1) is 0 Å². The lowest BCUT2D eigenvalue weighted by Gasteiger charge is -2.06. The van der Waals surface area contributed by atoms with E-state index in [4.69, 9.17) is 16.7 Å². The average Bonchev–Trinajstić information content (AvgIpc) is 2.52. The zero-order valence-corrected chi connectivity index (χ0v) is 12.6. The maximum absolute atomic E-state index is 13.3. The molecule has 0 aliphatic carbocycles. The fourth-order valence-electron chi connectivity index (χ4n) is 1.73. The van der Waals surface area contributed by atoms with Crippen molar-refractivity contribution >= 4 is 35.2 Å². The van der Waals surface area contributed by atoms with Crippen molar-refractivity contribution in [3.8, 4) is 0 Å². The molecule has 2 aromatic carbocycles. The molecule has 0 aliphatic heterocycles. The fraction of sp³-hybridized carbons (Fsp3) is 0. The van der Waals surface area contributed by atoms with Gasteiger partial charge in [-0.1, -0.05) is 11.6 Å². The van der Waals surface area contributed by atoms with E-state index in [0.29, 0.717) is 12.1 Å². The zero-order chi connectivity index (χ0) is 17.9. The summed E-state index contributed by atoms with van der Waals surface area (Å²) in [4.78, 5) is 15.1. The van der Waals surface area contributed by atoms with E-state index in [0.717, 1.165) is 18.3 Å². The molecule has 0 spiro atoms. The quantitative estimate of drug-likeness (QED) is 0.367. The maximum atomic E-state index is 13.3. The van der Waals surface area contributed by atoms with Gasteiger partial charge in [0.15, 0.2) is 11.6 Å². The number of carbonyl (C=O) groups is 1. The van der Waals surface area contributed by atoms with Gasteiger partial charge in [0.2, 0.25) is 0 Å². The smallest absolute Gasteiger partial charge is 0.341 e. The molecule has 24 heavy (non-hydrogen) atoms. The van der Waals surface area contributed by atoms with E-state index in [1.807, 2.05) is 0 Å². The number of hydrogen-bond acceptors (Lipinski definition) is 3. The first-order valence-electron chi connectivity index (χ1n) is 6.40. The van der Waals surface area contributed by atoms with E-state index >= 15 is 0 Å². The Kier molecular flexibility index (Phi) is 5.25. The summed E-state index contributed by atoms with van der Waals surface area (Å²) >= 11 is 5.70. The van der Waals surface area contributed by atoms with Crippen LogP contribution in [0.15, 0.2) is 47.0 Å². The van der Waals surface area contributed by atoms with Crippen molar-refractivity contribution in [2.24, 2.45) is 4.99 Å². The van der Waals surface area contributed by atoms with Crippen LogP contribution in [0.1, 0.15) is 5.56 Å². The number of hydrogen-bond donors (Lipinski definition) is 2. The number of aliphatic hydroxyl groups is 1. The summed E-state index contributed by atoms with van der Waals surface area (Å²) in [7, 11) is 0. The van der Waals surface area contributed by atoms with Crippen LogP contribution in [-0.2, 0) is 4.79 Å². The Morgan fingerprint density at radius 3 is 2.21 bits per heavy atom.